The molecule has 0 heterocycles. The standard InChI is InChI=1S/C9H10F2N2S/c1-13-9(12)5-3-6(10)8(14-2)7(11)4-5/h3-4H,1-2H3,(H2,12,13). The molecule has 0 atom stereocenters. The van der Waals surface area contributed by atoms with Gasteiger partial charge in [-0.1, -0.05) is 0 Å². The van der Waals surface area contributed by atoms with Gasteiger partial charge in [0, 0.05) is 12.6 Å². The minimum atomic E-state index is -0.612. The average molecular weight is 216 g/mol. The molecule has 0 aliphatic heterocycles. The van der Waals surface area contributed by atoms with Gasteiger partial charge in [-0.2, -0.15) is 0 Å². The molecule has 0 saturated heterocycles. The van der Waals surface area contributed by atoms with E-state index in [0.717, 1.165) is 11.8 Å². The molecule has 2 nitrogen and oxygen atoms in total. The summed E-state index contributed by atoms with van der Waals surface area (Å²) in [4.78, 5) is 3.65. The predicted molar refractivity (Wildman–Crippen MR) is 54.8 cm³/mol. The largest absolute Gasteiger partial charge is 0.384 e. The first-order chi connectivity index (χ1) is 6.60. The van der Waals surface area contributed by atoms with Gasteiger partial charge in [0.25, 0.3) is 0 Å². The smallest absolute Gasteiger partial charge is 0.140 e. The molecule has 1 aromatic carbocycles. The summed E-state index contributed by atoms with van der Waals surface area (Å²) in [6.07, 6.45) is 1.61. The molecule has 0 aromatic heterocycles. The molecule has 76 valence electrons. The normalized spacial score (nSPS) is 11.9. The molecule has 0 aliphatic carbocycles. The topological polar surface area (TPSA) is 38.4 Å². The molecule has 0 unspecified atom stereocenters. The summed E-state index contributed by atoms with van der Waals surface area (Å²) < 4.78 is 26.5. The van der Waals surface area contributed by atoms with E-state index in [2.05, 4.69) is 4.99 Å². The summed E-state index contributed by atoms with van der Waals surface area (Å²) in [5.74, 6) is -1.10. The van der Waals surface area contributed by atoms with Crippen molar-refractivity contribution in [3.05, 3.63) is 29.3 Å². The lowest BCUT2D eigenvalue weighted by Crippen LogP contribution is -2.13. The monoisotopic (exact) mass is 216 g/mol. The van der Waals surface area contributed by atoms with Gasteiger partial charge in [-0.15, -0.1) is 11.8 Å². The molecule has 2 N–H and O–H groups in total. The molecule has 1 rings (SSSR count). The van der Waals surface area contributed by atoms with E-state index in [4.69, 9.17) is 5.73 Å². The fraction of sp³-hybridized carbons (Fsp3) is 0.222. The summed E-state index contributed by atoms with van der Waals surface area (Å²) in [5.41, 5.74) is 5.70. The number of halogens is 2. The van der Waals surface area contributed by atoms with E-state index in [-0.39, 0.29) is 16.3 Å². The quantitative estimate of drug-likeness (QED) is 0.466. The molecule has 0 amide bonds. The zero-order chi connectivity index (χ0) is 10.7. The molecule has 0 radical (unpaired) electrons. The molecular formula is C9H10F2N2S. The summed E-state index contributed by atoms with van der Waals surface area (Å²) >= 11 is 1.02. The van der Waals surface area contributed by atoms with Gasteiger partial charge in [0.2, 0.25) is 0 Å². The van der Waals surface area contributed by atoms with Crippen molar-refractivity contribution in [1.29, 1.82) is 0 Å². The lowest BCUT2D eigenvalue weighted by atomic mass is 10.2. The summed E-state index contributed by atoms with van der Waals surface area (Å²) in [7, 11) is 1.47. The first-order valence-electron chi connectivity index (χ1n) is 3.85. The van der Waals surface area contributed by atoms with Crippen LogP contribution in [0.1, 0.15) is 5.56 Å². The number of aliphatic imine (C=N–C) groups is 1. The Morgan fingerprint density at radius 2 is 1.86 bits per heavy atom. The van der Waals surface area contributed by atoms with Crippen molar-refractivity contribution < 1.29 is 8.78 Å². The highest BCUT2D eigenvalue weighted by atomic mass is 32.2. The Bertz CT molecular complexity index is 354. The molecular weight excluding hydrogens is 206 g/mol. The van der Waals surface area contributed by atoms with Crippen molar-refractivity contribution in [2.24, 2.45) is 10.7 Å². The van der Waals surface area contributed by atoms with E-state index in [1.165, 1.54) is 19.2 Å². The van der Waals surface area contributed by atoms with Gasteiger partial charge in [-0.3, -0.25) is 4.99 Å². The van der Waals surface area contributed by atoms with Gasteiger partial charge in [-0.05, 0) is 18.4 Å². The van der Waals surface area contributed by atoms with Crippen LogP contribution in [0, 0.1) is 11.6 Å². The Labute approximate surface area is 85.2 Å². The number of amidine groups is 1. The van der Waals surface area contributed by atoms with E-state index in [9.17, 15) is 8.78 Å². The fourth-order valence-electron chi connectivity index (χ4n) is 1.03. The SMILES string of the molecule is CN=C(N)c1cc(F)c(SC)c(F)c1. The second-order valence-electron chi connectivity index (χ2n) is 2.58. The molecule has 14 heavy (non-hydrogen) atoms. The zero-order valence-electron chi connectivity index (χ0n) is 7.84. The number of thioether (sulfide) groups is 1. The van der Waals surface area contributed by atoms with Crippen molar-refractivity contribution in [3.8, 4) is 0 Å². The highest BCUT2D eigenvalue weighted by Crippen LogP contribution is 2.24. The van der Waals surface area contributed by atoms with Crippen molar-refractivity contribution in [2.45, 2.75) is 4.90 Å². The van der Waals surface area contributed by atoms with Crippen LogP contribution in [0.15, 0.2) is 22.0 Å². The first-order valence-corrected chi connectivity index (χ1v) is 5.08. The van der Waals surface area contributed by atoms with E-state index in [1.807, 2.05) is 0 Å². The Hall–Kier alpha value is -1.10. The number of nitrogens with zero attached hydrogens (tertiary/aromatic N) is 1. The van der Waals surface area contributed by atoms with Crippen molar-refractivity contribution in [1.82, 2.24) is 0 Å². The number of hydrogen-bond donors (Lipinski definition) is 1. The van der Waals surface area contributed by atoms with Crippen LogP contribution in [-0.2, 0) is 0 Å². The van der Waals surface area contributed by atoms with E-state index < -0.39 is 11.6 Å². The zero-order valence-corrected chi connectivity index (χ0v) is 8.66. The minimum absolute atomic E-state index is 0.00217. The molecule has 0 spiro atoms. The highest BCUT2D eigenvalue weighted by molar-refractivity contribution is 7.98. The predicted octanol–water partition coefficient (Wildman–Crippen LogP) is 2.02. The molecule has 0 aliphatic rings. The molecule has 0 saturated carbocycles. The Kier molecular flexibility index (Phi) is 3.46. The van der Waals surface area contributed by atoms with Crippen molar-refractivity contribution in [3.63, 3.8) is 0 Å². The first kappa shape index (κ1) is 11.0. The third-order valence-electron chi connectivity index (χ3n) is 1.74. The van der Waals surface area contributed by atoms with E-state index >= 15 is 0 Å². The lowest BCUT2D eigenvalue weighted by Gasteiger charge is -2.04. The minimum Gasteiger partial charge on any atom is -0.384 e. The van der Waals surface area contributed by atoms with Crippen LogP contribution in [0.2, 0.25) is 0 Å². The van der Waals surface area contributed by atoms with Crippen LogP contribution in [0.4, 0.5) is 8.78 Å². The molecule has 1 aromatic rings. The molecule has 0 bridgehead atoms. The molecule has 0 fully saturated rings. The van der Waals surface area contributed by atoms with Crippen LogP contribution < -0.4 is 5.73 Å². The van der Waals surface area contributed by atoms with Crippen LogP contribution in [0.25, 0.3) is 0 Å². The second kappa shape index (κ2) is 4.41. The van der Waals surface area contributed by atoms with Crippen LogP contribution >= 0.6 is 11.8 Å². The third-order valence-corrected chi connectivity index (χ3v) is 2.54. The lowest BCUT2D eigenvalue weighted by molar-refractivity contribution is 0.540. The van der Waals surface area contributed by atoms with E-state index in [0.29, 0.717) is 0 Å². The number of hydrogen-bond acceptors (Lipinski definition) is 2. The van der Waals surface area contributed by atoms with Gasteiger partial charge in [0.1, 0.15) is 17.5 Å². The van der Waals surface area contributed by atoms with E-state index in [1.54, 1.807) is 6.26 Å². The van der Waals surface area contributed by atoms with Gasteiger partial charge < -0.3 is 5.73 Å². The Morgan fingerprint density at radius 1 is 1.36 bits per heavy atom. The summed E-state index contributed by atoms with van der Waals surface area (Å²) in [5, 5.41) is 0. The van der Waals surface area contributed by atoms with Crippen LogP contribution in [0.3, 0.4) is 0 Å². The second-order valence-corrected chi connectivity index (χ2v) is 3.40. The summed E-state index contributed by atoms with van der Waals surface area (Å²) in [6.45, 7) is 0. The number of rotatable bonds is 2. The van der Waals surface area contributed by atoms with Crippen LogP contribution in [0.5, 0.6) is 0 Å². The fourth-order valence-corrected chi connectivity index (χ4v) is 1.54. The van der Waals surface area contributed by atoms with Gasteiger partial charge in [-0.25, -0.2) is 8.78 Å². The van der Waals surface area contributed by atoms with Gasteiger partial charge in [0.15, 0.2) is 0 Å². The van der Waals surface area contributed by atoms with Crippen molar-refractivity contribution >= 4 is 17.6 Å². The van der Waals surface area contributed by atoms with Gasteiger partial charge in [0.05, 0.1) is 4.90 Å². The maximum atomic E-state index is 13.2. The van der Waals surface area contributed by atoms with Crippen LogP contribution in [-0.4, -0.2) is 19.1 Å². The Morgan fingerprint density at radius 3 is 2.21 bits per heavy atom. The van der Waals surface area contributed by atoms with Crippen molar-refractivity contribution in [2.75, 3.05) is 13.3 Å². The summed E-state index contributed by atoms with van der Waals surface area (Å²) in [6, 6.07) is 2.36. The number of nitrogens with two attached hydrogens (primary N) is 1. The molecule has 5 heteroatoms. The Balaban J connectivity index is 3.27. The number of benzene rings is 1. The van der Waals surface area contributed by atoms with Gasteiger partial charge >= 0.3 is 0 Å². The third kappa shape index (κ3) is 2.04. The highest BCUT2D eigenvalue weighted by Gasteiger charge is 2.11. The average Bonchev–Trinajstić information content (AvgIpc) is 2.16. The maximum absolute atomic E-state index is 13.2. The maximum Gasteiger partial charge on any atom is 0.140 e.